The number of nitrogens with zero attached hydrogens (tertiary/aromatic N) is 2. The highest BCUT2D eigenvalue weighted by atomic mass is 35.5. The minimum atomic E-state index is 0.0723. The van der Waals surface area contributed by atoms with Crippen molar-refractivity contribution >= 4 is 11.6 Å². The summed E-state index contributed by atoms with van der Waals surface area (Å²) in [6.07, 6.45) is 4.75. The Morgan fingerprint density at radius 2 is 2.29 bits per heavy atom. The summed E-state index contributed by atoms with van der Waals surface area (Å²) in [7, 11) is 0. The third-order valence-electron chi connectivity index (χ3n) is 2.75. The molecule has 1 heterocycles. The second-order valence-corrected chi connectivity index (χ2v) is 4.55. The summed E-state index contributed by atoms with van der Waals surface area (Å²) in [5.74, 6) is 0. The number of benzene rings is 1. The summed E-state index contributed by atoms with van der Waals surface area (Å²) in [5, 5.41) is 5.05. The standard InChI is InChI=1S/C13H16ClN3/c1-2-13(15)11-7-16-17(9-11)8-10-4-3-5-12(14)6-10/h3-7,9,13H,2,8,15H2,1H3. The van der Waals surface area contributed by atoms with E-state index in [9.17, 15) is 0 Å². The van der Waals surface area contributed by atoms with Gasteiger partial charge in [-0.2, -0.15) is 5.10 Å². The second-order valence-electron chi connectivity index (χ2n) is 4.12. The highest BCUT2D eigenvalue weighted by Crippen LogP contribution is 2.14. The quantitative estimate of drug-likeness (QED) is 0.905. The molecule has 0 fully saturated rings. The molecular weight excluding hydrogens is 234 g/mol. The van der Waals surface area contributed by atoms with E-state index < -0.39 is 0 Å². The first-order valence-electron chi connectivity index (χ1n) is 5.71. The van der Waals surface area contributed by atoms with Crippen molar-refractivity contribution in [3.05, 3.63) is 52.8 Å². The van der Waals surface area contributed by atoms with Crippen LogP contribution < -0.4 is 5.73 Å². The molecule has 0 aliphatic heterocycles. The van der Waals surface area contributed by atoms with E-state index in [1.807, 2.05) is 41.3 Å². The summed E-state index contributed by atoms with van der Waals surface area (Å²) < 4.78 is 1.89. The zero-order valence-corrected chi connectivity index (χ0v) is 10.6. The van der Waals surface area contributed by atoms with E-state index in [1.165, 1.54) is 0 Å². The van der Waals surface area contributed by atoms with Gasteiger partial charge >= 0.3 is 0 Å². The van der Waals surface area contributed by atoms with E-state index in [2.05, 4.69) is 12.0 Å². The van der Waals surface area contributed by atoms with Crippen LogP contribution in [-0.2, 0) is 6.54 Å². The van der Waals surface area contributed by atoms with E-state index in [0.717, 1.165) is 29.1 Å². The molecule has 0 spiro atoms. The molecule has 0 saturated carbocycles. The number of rotatable bonds is 4. The van der Waals surface area contributed by atoms with E-state index in [0.29, 0.717) is 0 Å². The van der Waals surface area contributed by atoms with E-state index in [4.69, 9.17) is 17.3 Å². The highest BCUT2D eigenvalue weighted by Gasteiger charge is 2.06. The molecule has 0 aliphatic rings. The van der Waals surface area contributed by atoms with Gasteiger partial charge in [0.1, 0.15) is 0 Å². The molecule has 90 valence electrons. The van der Waals surface area contributed by atoms with Crippen molar-refractivity contribution in [2.75, 3.05) is 0 Å². The van der Waals surface area contributed by atoms with Crippen LogP contribution >= 0.6 is 11.6 Å². The topological polar surface area (TPSA) is 43.8 Å². The minimum absolute atomic E-state index is 0.0723. The molecular formula is C13H16ClN3. The minimum Gasteiger partial charge on any atom is -0.324 e. The molecule has 1 unspecified atom stereocenters. The Kier molecular flexibility index (Phi) is 3.82. The van der Waals surface area contributed by atoms with E-state index in [-0.39, 0.29) is 6.04 Å². The number of nitrogens with two attached hydrogens (primary N) is 1. The normalized spacial score (nSPS) is 12.6. The van der Waals surface area contributed by atoms with Crippen LogP contribution in [0.4, 0.5) is 0 Å². The zero-order chi connectivity index (χ0) is 12.3. The predicted octanol–water partition coefficient (Wildman–Crippen LogP) is 2.99. The molecule has 4 heteroatoms. The summed E-state index contributed by atoms with van der Waals surface area (Å²) in [5.41, 5.74) is 8.17. The van der Waals surface area contributed by atoms with Gasteiger partial charge in [-0.1, -0.05) is 30.7 Å². The van der Waals surface area contributed by atoms with Gasteiger partial charge in [0, 0.05) is 22.8 Å². The average Bonchev–Trinajstić information content (AvgIpc) is 2.76. The first-order valence-corrected chi connectivity index (χ1v) is 6.09. The molecule has 0 bridgehead atoms. The van der Waals surface area contributed by atoms with Crippen molar-refractivity contribution in [3.8, 4) is 0 Å². The van der Waals surface area contributed by atoms with Gasteiger partial charge in [0.2, 0.25) is 0 Å². The summed E-state index contributed by atoms with van der Waals surface area (Å²) in [6, 6.07) is 7.87. The van der Waals surface area contributed by atoms with Gasteiger partial charge in [-0.3, -0.25) is 4.68 Å². The molecule has 0 amide bonds. The Labute approximate surface area is 106 Å². The van der Waals surface area contributed by atoms with Crippen LogP contribution in [-0.4, -0.2) is 9.78 Å². The van der Waals surface area contributed by atoms with E-state index >= 15 is 0 Å². The summed E-state index contributed by atoms with van der Waals surface area (Å²) in [6.45, 7) is 2.79. The smallest absolute Gasteiger partial charge is 0.0660 e. The first-order chi connectivity index (χ1) is 8.19. The van der Waals surface area contributed by atoms with Crippen molar-refractivity contribution in [2.24, 2.45) is 5.73 Å². The Hall–Kier alpha value is -1.32. The molecule has 0 saturated heterocycles. The first kappa shape index (κ1) is 12.1. The van der Waals surface area contributed by atoms with Crippen molar-refractivity contribution in [1.82, 2.24) is 9.78 Å². The van der Waals surface area contributed by atoms with Crippen LogP contribution in [0.15, 0.2) is 36.7 Å². The monoisotopic (exact) mass is 249 g/mol. The SMILES string of the molecule is CCC(N)c1cnn(Cc2cccc(Cl)c2)c1. The van der Waals surface area contributed by atoms with Gasteiger partial charge in [0.15, 0.2) is 0 Å². The maximum Gasteiger partial charge on any atom is 0.0660 e. The van der Waals surface area contributed by atoms with Gasteiger partial charge in [-0.15, -0.1) is 0 Å². The predicted molar refractivity (Wildman–Crippen MR) is 70.0 cm³/mol. The van der Waals surface area contributed by atoms with Crippen molar-refractivity contribution in [3.63, 3.8) is 0 Å². The molecule has 1 atom stereocenters. The number of halogens is 1. The van der Waals surface area contributed by atoms with Crippen LogP contribution in [0.25, 0.3) is 0 Å². The Balaban J connectivity index is 2.11. The molecule has 2 rings (SSSR count). The lowest BCUT2D eigenvalue weighted by molar-refractivity contribution is 0.675. The van der Waals surface area contributed by atoms with E-state index in [1.54, 1.807) is 0 Å². The third kappa shape index (κ3) is 3.08. The molecule has 0 aliphatic carbocycles. The molecule has 1 aromatic heterocycles. The van der Waals surface area contributed by atoms with Gasteiger partial charge in [0.05, 0.1) is 12.7 Å². The summed E-state index contributed by atoms with van der Waals surface area (Å²) >= 11 is 5.94. The van der Waals surface area contributed by atoms with Gasteiger partial charge in [-0.05, 0) is 24.1 Å². The maximum atomic E-state index is 5.95. The van der Waals surface area contributed by atoms with Crippen molar-refractivity contribution in [1.29, 1.82) is 0 Å². The lowest BCUT2D eigenvalue weighted by atomic mass is 10.1. The number of aromatic nitrogens is 2. The van der Waals surface area contributed by atoms with Crippen LogP contribution in [0.2, 0.25) is 5.02 Å². The fraction of sp³-hybridized carbons (Fsp3) is 0.308. The number of hydrogen-bond acceptors (Lipinski definition) is 2. The summed E-state index contributed by atoms with van der Waals surface area (Å²) in [4.78, 5) is 0. The Bertz CT molecular complexity index is 493. The highest BCUT2D eigenvalue weighted by molar-refractivity contribution is 6.30. The third-order valence-corrected chi connectivity index (χ3v) is 2.99. The molecule has 2 aromatic rings. The van der Waals surface area contributed by atoms with Crippen LogP contribution in [0.1, 0.15) is 30.5 Å². The molecule has 3 nitrogen and oxygen atoms in total. The van der Waals surface area contributed by atoms with Crippen molar-refractivity contribution < 1.29 is 0 Å². The number of hydrogen-bond donors (Lipinski definition) is 1. The molecule has 0 radical (unpaired) electrons. The fourth-order valence-electron chi connectivity index (χ4n) is 1.72. The fourth-order valence-corrected chi connectivity index (χ4v) is 1.93. The van der Waals surface area contributed by atoms with Crippen molar-refractivity contribution in [2.45, 2.75) is 25.9 Å². The van der Waals surface area contributed by atoms with Crippen LogP contribution in [0.3, 0.4) is 0 Å². The molecule has 2 N–H and O–H groups in total. The van der Waals surface area contributed by atoms with Gasteiger partial charge in [-0.25, -0.2) is 0 Å². The molecule has 17 heavy (non-hydrogen) atoms. The lowest BCUT2D eigenvalue weighted by Gasteiger charge is -2.04. The average molecular weight is 250 g/mol. The van der Waals surface area contributed by atoms with Gasteiger partial charge in [0.25, 0.3) is 0 Å². The second kappa shape index (κ2) is 5.34. The van der Waals surface area contributed by atoms with Crippen LogP contribution in [0.5, 0.6) is 0 Å². The maximum absolute atomic E-state index is 5.95. The van der Waals surface area contributed by atoms with Gasteiger partial charge < -0.3 is 5.73 Å². The Morgan fingerprint density at radius 3 is 3.00 bits per heavy atom. The molecule has 1 aromatic carbocycles. The lowest BCUT2D eigenvalue weighted by Crippen LogP contribution is -2.07. The van der Waals surface area contributed by atoms with Crippen LogP contribution in [0, 0.1) is 0 Å². The zero-order valence-electron chi connectivity index (χ0n) is 9.81. The largest absolute Gasteiger partial charge is 0.324 e. The Morgan fingerprint density at radius 1 is 1.47 bits per heavy atom.